The number of carboxylic acid groups (broad SMARTS) is 2. The number of hydrogen-bond donors (Lipinski definition) is 2. The van der Waals surface area contributed by atoms with Crippen molar-refractivity contribution in [2.75, 3.05) is 27.9 Å². The van der Waals surface area contributed by atoms with Crippen molar-refractivity contribution in [3.63, 3.8) is 0 Å². The number of cyclic esters (lactones) is 1. The van der Waals surface area contributed by atoms with Gasteiger partial charge in [-0.1, -0.05) is 148 Å². The van der Waals surface area contributed by atoms with Crippen LogP contribution in [0.15, 0.2) is 30.3 Å². The van der Waals surface area contributed by atoms with Gasteiger partial charge in [0.1, 0.15) is 6.61 Å². The van der Waals surface area contributed by atoms with Gasteiger partial charge in [0, 0.05) is 11.8 Å². The normalized spacial score (nSPS) is 22.4. The van der Waals surface area contributed by atoms with Gasteiger partial charge >= 0.3 is 42.2 Å². The molecule has 1 aliphatic heterocycles. The maximum Gasteiger partial charge on any atom is 0.416 e. The number of rotatable bonds is 13. The first kappa shape index (κ1) is 70.8. The molecule has 2 N–H and O–H groups in total. The minimum Gasteiger partial charge on any atom is -0.481 e. The number of imide groups is 1. The van der Waals surface area contributed by atoms with E-state index in [2.05, 4.69) is 35.0 Å². The van der Waals surface area contributed by atoms with Gasteiger partial charge in [0.25, 0.3) is 0 Å². The largest absolute Gasteiger partial charge is 0.481 e. The summed E-state index contributed by atoms with van der Waals surface area (Å²) in [5.41, 5.74) is 8.90. The fraction of sp³-hybridized carbons (Fsp3) is 0.769. The molecular formula is C65H103N3O14. The summed E-state index contributed by atoms with van der Waals surface area (Å²) in [6.45, 7) is 12.5. The summed E-state index contributed by atoms with van der Waals surface area (Å²) in [5.74, 6) is -1.29. The maximum absolute atomic E-state index is 12.6. The molecular weight excluding hydrogens is 1050 g/mol. The summed E-state index contributed by atoms with van der Waals surface area (Å²) in [5, 5.41) is 17.2. The zero-order valence-corrected chi connectivity index (χ0v) is 51.6. The molecule has 0 aromatic heterocycles. The van der Waals surface area contributed by atoms with Crippen molar-refractivity contribution in [1.82, 2.24) is 4.90 Å². The number of ether oxygens (including phenoxy) is 4. The molecule has 1 aromatic rings. The van der Waals surface area contributed by atoms with Crippen LogP contribution in [-0.2, 0) is 58.9 Å². The van der Waals surface area contributed by atoms with E-state index < -0.39 is 18.0 Å². The molecule has 0 unspecified atom stereocenters. The molecule has 7 aliphatic carbocycles. The van der Waals surface area contributed by atoms with E-state index in [-0.39, 0.29) is 74.0 Å². The van der Waals surface area contributed by atoms with Crippen LogP contribution in [0.3, 0.4) is 0 Å². The molecule has 82 heavy (non-hydrogen) atoms. The predicted molar refractivity (Wildman–Crippen MR) is 313 cm³/mol. The number of esters is 3. The zero-order chi connectivity index (χ0) is 61.0. The van der Waals surface area contributed by atoms with Crippen molar-refractivity contribution >= 4 is 53.8 Å². The van der Waals surface area contributed by atoms with Crippen LogP contribution in [-0.4, -0.2) is 108 Å². The van der Waals surface area contributed by atoms with Gasteiger partial charge in [0.15, 0.2) is 0 Å². The Morgan fingerprint density at radius 1 is 0.585 bits per heavy atom. The van der Waals surface area contributed by atoms with Gasteiger partial charge in [-0.05, 0) is 132 Å². The first-order valence-corrected chi connectivity index (χ1v) is 30.7. The van der Waals surface area contributed by atoms with Crippen molar-refractivity contribution in [2.45, 2.75) is 253 Å². The third-order valence-electron chi connectivity index (χ3n) is 18.9. The van der Waals surface area contributed by atoms with Gasteiger partial charge in [-0.25, -0.2) is 9.69 Å². The molecule has 9 rings (SSSR count). The minimum atomic E-state index is -0.649. The number of methoxy groups -OCH3 is 3. The molecule has 462 valence electrons. The summed E-state index contributed by atoms with van der Waals surface area (Å²) in [6.07, 6.45) is 33.4. The van der Waals surface area contributed by atoms with Gasteiger partial charge in [-0.2, -0.15) is 4.79 Å². The molecule has 17 heteroatoms. The standard InChI is InChI=1S/C18H23NO3.C9H16O2.C8H12N2O.2C8H14O2.2C7H12O2/c1-18(9-5-6-10-18)12-16(20)19-15(13-22-17(19)21)11-14-7-3-2-4-8-14;1-9(5-3-4-6-9)7-8(10)11-2;1-8(4-2-3-5-8)7(11)6-10-9;1-8(7(9)10-2)5-3-4-6-8;1-8(6-7(9)10)4-2-3-5-8;1-7(6(8)9)4-2-3-5-7;1-9-7(8)6-4-2-3-5-6/h2-4,7-8,15H,5-6,9-13H2,1H3;3-7H2,1-2H3;6H,2-5H2,1H3;3-6H2,1-2H3;2-6H2,1H3,(H,9,10);2-5H2,1H3,(H,8,9);6H,2-5H2,1H3/t15-;;;;;;/m0....../s1. The van der Waals surface area contributed by atoms with Crippen LogP contribution in [0.2, 0.25) is 0 Å². The van der Waals surface area contributed by atoms with E-state index in [4.69, 9.17) is 25.2 Å². The number of ketones is 1. The van der Waals surface area contributed by atoms with Crippen LogP contribution in [0.25, 0.3) is 5.53 Å². The molecule has 0 spiro atoms. The molecule has 7 saturated carbocycles. The number of Topliss-reactive ketones (excluding diaryl/α,β-unsaturated/α-hetero) is 1. The van der Waals surface area contributed by atoms with Gasteiger partial charge in [0.05, 0.1) is 57.0 Å². The number of hydrogen-bond acceptors (Lipinski definition) is 12. The second-order valence-electron chi connectivity index (χ2n) is 26.5. The smallest absolute Gasteiger partial charge is 0.416 e. The Morgan fingerprint density at radius 3 is 1.41 bits per heavy atom. The van der Waals surface area contributed by atoms with E-state index in [0.29, 0.717) is 32.3 Å². The average molecular weight is 1150 g/mol. The molecule has 1 atom stereocenters. The molecule has 2 amide bonds. The molecule has 0 radical (unpaired) electrons. The lowest BCUT2D eigenvalue weighted by molar-refractivity contribution is -0.151. The van der Waals surface area contributed by atoms with Crippen LogP contribution in [0.1, 0.15) is 246 Å². The summed E-state index contributed by atoms with van der Waals surface area (Å²) in [4.78, 5) is 93.7. The number of aliphatic carboxylic acids is 2. The first-order valence-electron chi connectivity index (χ1n) is 30.7. The summed E-state index contributed by atoms with van der Waals surface area (Å²) in [6, 6.07) is 9.77. The SMILES string of the molecule is CC1(C(=O)C=[N+]=[N-])CCCC1.CC1(C(=O)O)CCCC1.CC1(CC(=O)N2C(=O)OC[C@@H]2Cc2ccccc2)CCCC1.CC1(CC(=O)O)CCCC1.COC(=O)C1(C)CCCC1.COC(=O)C1CCCC1.COC(=O)CC1(C)CCCC1. The monoisotopic (exact) mass is 1150 g/mol. The van der Waals surface area contributed by atoms with Crippen LogP contribution in [0, 0.1) is 38.4 Å². The minimum absolute atomic E-state index is 0.0208. The quantitative estimate of drug-likeness (QED) is 0.0613. The van der Waals surface area contributed by atoms with Crippen molar-refractivity contribution in [3.8, 4) is 0 Å². The highest BCUT2D eigenvalue weighted by atomic mass is 16.6. The zero-order valence-electron chi connectivity index (χ0n) is 51.6. The molecule has 1 aromatic carbocycles. The Bertz CT molecular complexity index is 2230. The number of benzene rings is 1. The lowest BCUT2D eigenvalue weighted by Crippen LogP contribution is -2.42. The number of carboxylic acids is 2. The van der Waals surface area contributed by atoms with Gasteiger partial charge in [-0.3, -0.25) is 33.6 Å². The van der Waals surface area contributed by atoms with E-state index in [0.717, 1.165) is 115 Å². The number of carbonyl (C=O) groups is 8. The average Bonchev–Trinajstić information content (AvgIpc) is 4.34. The van der Waals surface area contributed by atoms with Crippen molar-refractivity contribution in [3.05, 3.63) is 41.4 Å². The summed E-state index contributed by atoms with van der Waals surface area (Å²) in [7, 11) is 4.38. The second kappa shape index (κ2) is 34.4. The Morgan fingerprint density at radius 2 is 1.01 bits per heavy atom. The molecule has 1 saturated heterocycles. The number of amides is 2. The Balaban J connectivity index is 0.000000259. The molecule has 8 aliphatic rings. The van der Waals surface area contributed by atoms with Crippen LogP contribution in [0.5, 0.6) is 0 Å². The van der Waals surface area contributed by atoms with E-state index in [1.54, 1.807) is 0 Å². The first-order chi connectivity index (χ1) is 38.7. The fourth-order valence-electron chi connectivity index (χ4n) is 13.2. The third-order valence-corrected chi connectivity index (χ3v) is 18.9. The van der Waals surface area contributed by atoms with E-state index in [1.165, 1.54) is 103 Å². The molecule has 17 nitrogen and oxygen atoms in total. The second-order valence-corrected chi connectivity index (χ2v) is 26.5. The Kier molecular flexibility index (Phi) is 29.7. The lowest BCUT2D eigenvalue weighted by atomic mass is 9.84. The molecule has 0 bridgehead atoms. The van der Waals surface area contributed by atoms with Crippen LogP contribution in [0.4, 0.5) is 4.79 Å². The van der Waals surface area contributed by atoms with Gasteiger partial charge in [-0.15, -0.1) is 0 Å². The highest BCUT2D eigenvalue weighted by Crippen LogP contribution is 2.44. The van der Waals surface area contributed by atoms with Gasteiger partial charge < -0.3 is 34.7 Å². The Labute approximate surface area is 490 Å². The highest BCUT2D eigenvalue weighted by Gasteiger charge is 2.42. The van der Waals surface area contributed by atoms with Gasteiger partial charge in [0.2, 0.25) is 11.7 Å². The number of carbonyl (C=O) groups excluding carboxylic acids is 6. The third kappa shape index (κ3) is 23.7. The summed E-state index contributed by atoms with van der Waals surface area (Å²) >= 11 is 0. The molecule has 1 heterocycles. The Hall–Kier alpha value is -5.44. The lowest BCUT2D eigenvalue weighted by Gasteiger charge is -2.26. The highest BCUT2D eigenvalue weighted by molar-refractivity contribution is 6.27. The maximum atomic E-state index is 12.6. The van der Waals surface area contributed by atoms with E-state index >= 15 is 0 Å². The van der Waals surface area contributed by atoms with Crippen molar-refractivity contribution in [2.24, 2.45) is 38.4 Å². The van der Waals surface area contributed by atoms with Crippen molar-refractivity contribution in [1.29, 1.82) is 0 Å². The fourth-order valence-corrected chi connectivity index (χ4v) is 13.2. The topological polar surface area (TPSA) is 254 Å². The molecule has 8 fully saturated rings. The van der Waals surface area contributed by atoms with Crippen molar-refractivity contribution < 1.29 is 72.3 Å². The van der Waals surface area contributed by atoms with E-state index in [1.807, 2.05) is 51.1 Å². The van der Waals surface area contributed by atoms with E-state index in [9.17, 15) is 38.4 Å². The predicted octanol–water partition coefficient (Wildman–Crippen LogP) is 13.9. The number of nitrogens with zero attached hydrogens (tertiary/aromatic N) is 3. The van der Waals surface area contributed by atoms with Crippen LogP contribution < -0.4 is 0 Å². The van der Waals surface area contributed by atoms with Crippen LogP contribution >= 0.6 is 0 Å². The summed E-state index contributed by atoms with van der Waals surface area (Å²) < 4.78 is 19.1.